The Labute approximate surface area is 160 Å². The van der Waals surface area contributed by atoms with E-state index in [1.165, 1.54) is 10.9 Å². The van der Waals surface area contributed by atoms with Crippen LogP contribution in [0.4, 0.5) is 0 Å². The van der Waals surface area contributed by atoms with Crippen molar-refractivity contribution in [3.8, 4) is 5.75 Å². The standard InChI is InChI=1S/C23H26N2O2/c1-17(2)27-21-9-7-19(8-10-21)23(26)24-14-12-20(13-15-24)25-16-11-18-5-3-4-6-22(18)25/h3-11,16-17,20H,12-15H2,1-2H3. The normalized spacial score (nSPS) is 15.4. The van der Waals surface area contributed by atoms with E-state index >= 15 is 0 Å². The Morgan fingerprint density at radius 1 is 1.00 bits per heavy atom. The SMILES string of the molecule is CC(C)Oc1ccc(C(=O)N2CCC(n3ccc4ccccc43)CC2)cc1. The molecule has 0 N–H and O–H groups in total. The summed E-state index contributed by atoms with van der Waals surface area (Å²) in [6.07, 6.45) is 4.29. The van der Waals surface area contributed by atoms with E-state index in [1.807, 2.05) is 43.0 Å². The average Bonchev–Trinajstić information content (AvgIpc) is 3.12. The van der Waals surface area contributed by atoms with Crippen molar-refractivity contribution in [1.82, 2.24) is 9.47 Å². The predicted molar refractivity (Wildman–Crippen MR) is 108 cm³/mol. The van der Waals surface area contributed by atoms with E-state index in [-0.39, 0.29) is 12.0 Å². The minimum atomic E-state index is 0.113. The van der Waals surface area contributed by atoms with Crippen LogP contribution in [-0.4, -0.2) is 34.6 Å². The molecule has 0 atom stereocenters. The van der Waals surface area contributed by atoms with Crippen molar-refractivity contribution >= 4 is 16.8 Å². The number of benzene rings is 2. The third kappa shape index (κ3) is 3.70. The third-order valence-corrected chi connectivity index (χ3v) is 5.25. The molecule has 2 aromatic carbocycles. The number of piperidine rings is 1. The smallest absolute Gasteiger partial charge is 0.253 e. The van der Waals surface area contributed by atoms with Crippen molar-refractivity contribution in [1.29, 1.82) is 0 Å². The fraction of sp³-hybridized carbons (Fsp3) is 0.348. The summed E-state index contributed by atoms with van der Waals surface area (Å²) in [6, 6.07) is 18.6. The zero-order chi connectivity index (χ0) is 18.8. The zero-order valence-corrected chi connectivity index (χ0v) is 16.0. The number of fused-ring (bicyclic) bond motifs is 1. The van der Waals surface area contributed by atoms with Gasteiger partial charge >= 0.3 is 0 Å². The minimum absolute atomic E-state index is 0.113. The second-order valence-corrected chi connectivity index (χ2v) is 7.50. The van der Waals surface area contributed by atoms with Gasteiger partial charge < -0.3 is 14.2 Å². The van der Waals surface area contributed by atoms with Crippen molar-refractivity contribution in [3.05, 3.63) is 66.4 Å². The predicted octanol–water partition coefficient (Wildman–Crippen LogP) is 4.91. The van der Waals surface area contributed by atoms with Crippen molar-refractivity contribution in [3.63, 3.8) is 0 Å². The molecule has 0 radical (unpaired) electrons. The van der Waals surface area contributed by atoms with Crippen molar-refractivity contribution in [2.75, 3.05) is 13.1 Å². The van der Waals surface area contributed by atoms with E-state index in [0.717, 1.165) is 37.2 Å². The quantitative estimate of drug-likeness (QED) is 0.661. The van der Waals surface area contributed by atoms with E-state index in [0.29, 0.717) is 6.04 Å². The van der Waals surface area contributed by atoms with E-state index in [2.05, 4.69) is 41.1 Å². The lowest BCUT2D eigenvalue weighted by Gasteiger charge is -2.33. The molecular formula is C23H26N2O2. The monoisotopic (exact) mass is 362 g/mol. The Bertz CT molecular complexity index is 919. The molecule has 3 aromatic rings. The van der Waals surface area contributed by atoms with Crippen LogP contribution in [0.25, 0.3) is 10.9 Å². The second-order valence-electron chi connectivity index (χ2n) is 7.50. The number of hydrogen-bond acceptors (Lipinski definition) is 2. The first-order valence-corrected chi connectivity index (χ1v) is 9.73. The third-order valence-electron chi connectivity index (χ3n) is 5.25. The van der Waals surface area contributed by atoms with Crippen LogP contribution in [0.15, 0.2) is 60.8 Å². The highest BCUT2D eigenvalue weighted by Crippen LogP contribution is 2.28. The highest BCUT2D eigenvalue weighted by Gasteiger charge is 2.25. The fourth-order valence-corrected chi connectivity index (χ4v) is 3.90. The maximum atomic E-state index is 12.8. The molecule has 4 heteroatoms. The number of ether oxygens (including phenoxy) is 1. The molecule has 4 rings (SSSR count). The summed E-state index contributed by atoms with van der Waals surface area (Å²) >= 11 is 0. The van der Waals surface area contributed by atoms with Gasteiger partial charge in [-0.15, -0.1) is 0 Å². The number of carbonyl (C=O) groups excluding carboxylic acids is 1. The molecule has 140 valence electrons. The van der Waals surface area contributed by atoms with Gasteiger partial charge in [-0.1, -0.05) is 18.2 Å². The van der Waals surface area contributed by atoms with Gasteiger partial charge in [-0.05, 0) is 68.5 Å². The average molecular weight is 362 g/mol. The Morgan fingerprint density at radius 2 is 1.70 bits per heavy atom. The highest BCUT2D eigenvalue weighted by atomic mass is 16.5. The molecule has 0 aliphatic carbocycles. The van der Waals surface area contributed by atoms with Gasteiger partial charge in [0.15, 0.2) is 0 Å². The molecule has 1 saturated heterocycles. The molecule has 1 aliphatic heterocycles. The van der Waals surface area contributed by atoms with Gasteiger partial charge in [0.05, 0.1) is 6.10 Å². The minimum Gasteiger partial charge on any atom is -0.491 e. The number of likely N-dealkylation sites (tertiary alicyclic amines) is 1. The number of amides is 1. The highest BCUT2D eigenvalue weighted by molar-refractivity contribution is 5.94. The first-order valence-electron chi connectivity index (χ1n) is 9.73. The Balaban J connectivity index is 1.40. The number of carbonyl (C=O) groups is 1. The van der Waals surface area contributed by atoms with Gasteiger partial charge in [0.2, 0.25) is 0 Å². The van der Waals surface area contributed by atoms with E-state index in [9.17, 15) is 4.79 Å². The second kappa shape index (κ2) is 7.47. The Hall–Kier alpha value is -2.75. The molecule has 2 heterocycles. The van der Waals surface area contributed by atoms with E-state index in [1.54, 1.807) is 0 Å². The summed E-state index contributed by atoms with van der Waals surface area (Å²) < 4.78 is 8.03. The van der Waals surface area contributed by atoms with Crippen LogP contribution in [-0.2, 0) is 0 Å². The summed E-state index contributed by atoms with van der Waals surface area (Å²) in [5.41, 5.74) is 2.01. The maximum absolute atomic E-state index is 12.8. The van der Waals surface area contributed by atoms with Gasteiger partial charge in [-0.2, -0.15) is 0 Å². The Kier molecular flexibility index (Phi) is 4.88. The summed E-state index contributed by atoms with van der Waals surface area (Å²) in [6.45, 7) is 5.58. The lowest BCUT2D eigenvalue weighted by molar-refractivity contribution is 0.0696. The first-order chi connectivity index (χ1) is 13.1. The summed E-state index contributed by atoms with van der Waals surface area (Å²) in [5, 5.41) is 1.28. The van der Waals surface area contributed by atoms with E-state index < -0.39 is 0 Å². The number of rotatable bonds is 4. The van der Waals surface area contributed by atoms with Gasteiger partial charge in [0, 0.05) is 36.4 Å². The first kappa shape index (κ1) is 17.7. The summed E-state index contributed by atoms with van der Waals surface area (Å²) in [7, 11) is 0. The topological polar surface area (TPSA) is 34.5 Å². The molecule has 0 unspecified atom stereocenters. The van der Waals surface area contributed by atoms with Gasteiger partial charge in [0.1, 0.15) is 5.75 Å². The van der Waals surface area contributed by atoms with Crippen LogP contribution >= 0.6 is 0 Å². The van der Waals surface area contributed by atoms with Crippen molar-refractivity contribution in [2.24, 2.45) is 0 Å². The van der Waals surface area contributed by atoms with Crippen LogP contribution in [0.5, 0.6) is 5.75 Å². The number of hydrogen-bond donors (Lipinski definition) is 0. The van der Waals surface area contributed by atoms with Crippen LogP contribution in [0, 0.1) is 0 Å². The van der Waals surface area contributed by atoms with Crippen LogP contribution in [0.1, 0.15) is 43.1 Å². The van der Waals surface area contributed by atoms with E-state index in [4.69, 9.17) is 4.74 Å². The van der Waals surface area contributed by atoms with Gasteiger partial charge in [-0.25, -0.2) is 0 Å². The molecule has 0 saturated carbocycles. The fourth-order valence-electron chi connectivity index (χ4n) is 3.90. The summed E-state index contributed by atoms with van der Waals surface area (Å²) in [5.74, 6) is 0.918. The molecule has 1 fully saturated rings. The molecule has 1 amide bonds. The largest absolute Gasteiger partial charge is 0.491 e. The van der Waals surface area contributed by atoms with Crippen LogP contribution in [0.3, 0.4) is 0 Å². The Morgan fingerprint density at radius 3 is 2.41 bits per heavy atom. The maximum Gasteiger partial charge on any atom is 0.253 e. The number of nitrogens with zero attached hydrogens (tertiary/aromatic N) is 2. The molecule has 0 bridgehead atoms. The molecule has 1 aromatic heterocycles. The van der Waals surface area contributed by atoms with Crippen LogP contribution in [0.2, 0.25) is 0 Å². The number of aromatic nitrogens is 1. The number of para-hydroxylation sites is 1. The molecule has 1 aliphatic rings. The van der Waals surface area contributed by atoms with Crippen molar-refractivity contribution in [2.45, 2.75) is 38.8 Å². The lowest BCUT2D eigenvalue weighted by Crippen LogP contribution is -2.39. The summed E-state index contributed by atoms with van der Waals surface area (Å²) in [4.78, 5) is 14.8. The molecule has 4 nitrogen and oxygen atoms in total. The lowest BCUT2D eigenvalue weighted by atomic mass is 10.0. The van der Waals surface area contributed by atoms with Crippen molar-refractivity contribution < 1.29 is 9.53 Å². The molecule has 27 heavy (non-hydrogen) atoms. The molecule has 0 spiro atoms. The molecular weight excluding hydrogens is 336 g/mol. The van der Waals surface area contributed by atoms with Crippen LogP contribution < -0.4 is 4.74 Å². The zero-order valence-electron chi connectivity index (χ0n) is 16.0. The van der Waals surface area contributed by atoms with Gasteiger partial charge in [0.25, 0.3) is 5.91 Å². The van der Waals surface area contributed by atoms with Gasteiger partial charge in [-0.3, -0.25) is 4.79 Å².